The maximum Gasteiger partial charge on any atom is 0.226 e. The first-order valence-corrected chi connectivity index (χ1v) is 7.36. The van der Waals surface area contributed by atoms with E-state index < -0.39 is 0 Å². The number of piperidine rings is 1. The van der Waals surface area contributed by atoms with Crippen LogP contribution in [0.15, 0.2) is 0 Å². The van der Waals surface area contributed by atoms with Crippen molar-refractivity contribution in [3.8, 4) is 0 Å². The summed E-state index contributed by atoms with van der Waals surface area (Å²) in [6.07, 6.45) is 4.50. The second-order valence-corrected chi connectivity index (χ2v) is 6.04. The molecular formula is C14H25ClN2O2. The topological polar surface area (TPSA) is 41.6 Å². The molecule has 3 fully saturated rings. The molecule has 2 atom stereocenters. The number of rotatable bonds is 2. The molecule has 2 heterocycles. The van der Waals surface area contributed by atoms with Gasteiger partial charge in [0.05, 0.1) is 19.3 Å². The monoisotopic (exact) mass is 288 g/mol. The zero-order chi connectivity index (χ0) is 12.6. The van der Waals surface area contributed by atoms with Gasteiger partial charge in [-0.3, -0.25) is 4.79 Å². The Morgan fingerprint density at radius 3 is 2.84 bits per heavy atom. The molecule has 0 aromatic heterocycles. The molecule has 1 aliphatic carbocycles. The Hall–Kier alpha value is -0.320. The fourth-order valence-corrected chi connectivity index (χ4v) is 3.66. The summed E-state index contributed by atoms with van der Waals surface area (Å²) in [4.78, 5) is 14.8. The Balaban J connectivity index is 0.00000133. The minimum absolute atomic E-state index is 0. The van der Waals surface area contributed by atoms with Crippen molar-refractivity contribution in [1.82, 2.24) is 10.2 Å². The number of amides is 1. The largest absolute Gasteiger partial charge is 0.377 e. The third-order valence-electron chi connectivity index (χ3n) is 5.07. The van der Waals surface area contributed by atoms with Crippen molar-refractivity contribution in [2.24, 2.45) is 11.3 Å². The molecular weight excluding hydrogens is 264 g/mol. The number of hydrogen-bond acceptors (Lipinski definition) is 3. The lowest BCUT2D eigenvalue weighted by Crippen LogP contribution is -2.49. The molecule has 19 heavy (non-hydrogen) atoms. The van der Waals surface area contributed by atoms with Crippen molar-refractivity contribution in [2.45, 2.75) is 38.6 Å². The van der Waals surface area contributed by atoms with Gasteiger partial charge in [0.2, 0.25) is 5.91 Å². The number of carbonyl (C=O) groups is 1. The maximum atomic E-state index is 12.7. The SMILES string of the molecule is CCC1COCCN1C(=O)C1CC12CCNCC2.Cl. The molecule has 2 unspecified atom stereocenters. The van der Waals surface area contributed by atoms with Crippen LogP contribution in [-0.2, 0) is 9.53 Å². The van der Waals surface area contributed by atoms with Gasteiger partial charge in [-0.05, 0) is 44.2 Å². The second kappa shape index (κ2) is 5.98. The van der Waals surface area contributed by atoms with E-state index in [0.717, 1.165) is 39.1 Å². The van der Waals surface area contributed by atoms with Crippen LogP contribution in [0.3, 0.4) is 0 Å². The lowest BCUT2D eigenvalue weighted by molar-refractivity contribution is -0.142. The lowest BCUT2D eigenvalue weighted by atomic mass is 9.91. The van der Waals surface area contributed by atoms with Crippen molar-refractivity contribution in [3.05, 3.63) is 0 Å². The summed E-state index contributed by atoms with van der Waals surface area (Å²) in [5.41, 5.74) is 0.360. The number of nitrogens with one attached hydrogen (secondary N) is 1. The summed E-state index contributed by atoms with van der Waals surface area (Å²) >= 11 is 0. The molecule has 1 N–H and O–H groups in total. The summed E-state index contributed by atoms with van der Waals surface area (Å²) in [6, 6.07) is 0.311. The van der Waals surface area contributed by atoms with Crippen LogP contribution in [0.5, 0.6) is 0 Å². The zero-order valence-corrected chi connectivity index (χ0v) is 12.5. The second-order valence-electron chi connectivity index (χ2n) is 6.04. The van der Waals surface area contributed by atoms with E-state index in [1.54, 1.807) is 0 Å². The third-order valence-corrected chi connectivity index (χ3v) is 5.07. The predicted octanol–water partition coefficient (Wildman–Crippen LogP) is 1.44. The van der Waals surface area contributed by atoms with Crippen molar-refractivity contribution < 1.29 is 9.53 Å². The summed E-state index contributed by atoms with van der Waals surface area (Å²) in [6.45, 7) is 6.55. The van der Waals surface area contributed by atoms with Gasteiger partial charge in [-0.2, -0.15) is 0 Å². The van der Waals surface area contributed by atoms with Crippen LogP contribution >= 0.6 is 12.4 Å². The van der Waals surface area contributed by atoms with Gasteiger partial charge >= 0.3 is 0 Å². The van der Waals surface area contributed by atoms with E-state index in [0.29, 0.717) is 29.9 Å². The molecule has 3 rings (SSSR count). The Morgan fingerprint density at radius 2 is 2.16 bits per heavy atom. The van der Waals surface area contributed by atoms with Crippen LogP contribution in [0, 0.1) is 11.3 Å². The van der Waals surface area contributed by atoms with Crippen LogP contribution in [0.25, 0.3) is 0 Å². The highest BCUT2D eigenvalue weighted by molar-refractivity contribution is 5.85. The van der Waals surface area contributed by atoms with E-state index in [4.69, 9.17) is 4.74 Å². The highest BCUT2D eigenvalue weighted by Gasteiger charge is 2.59. The average Bonchev–Trinajstić information content (AvgIpc) is 3.12. The molecule has 2 saturated heterocycles. The van der Waals surface area contributed by atoms with Crippen LogP contribution in [-0.4, -0.2) is 49.7 Å². The van der Waals surface area contributed by atoms with Crippen molar-refractivity contribution in [3.63, 3.8) is 0 Å². The minimum atomic E-state index is 0. The highest BCUT2D eigenvalue weighted by Crippen LogP contribution is 2.59. The summed E-state index contributed by atoms with van der Waals surface area (Å²) in [7, 11) is 0. The number of halogens is 1. The average molecular weight is 289 g/mol. The summed E-state index contributed by atoms with van der Waals surface area (Å²) in [5, 5.41) is 3.39. The molecule has 2 aliphatic heterocycles. The van der Waals surface area contributed by atoms with Crippen LogP contribution < -0.4 is 5.32 Å². The molecule has 0 radical (unpaired) electrons. The van der Waals surface area contributed by atoms with Gasteiger partial charge in [-0.1, -0.05) is 6.92 Å². The molecule has 0 aromatic rings. The normalized spacial score (nSPS) is 32.8. The standard InChI is InChI=1S/C14H24N2O2.ClH/c1-2-11-10-18-8-7-16(11)13(17)12-9-14(12)3-5-15-6-4-14;/h11-12,15H,2-10H2,1H3;1H. The number of hydrogen-bond donors (Lipinski definition) is 1. The molecule has 1 amide bonds. The van der Waals surface area contributed by atoms with Gasteiger partial charge in [-0.15, -0.1) is 12.4 Å². The Labute approximate surface area is 121 Å². The number of nitrogens with zero attached hydrogens (tertiary/aromatic N) is 1. The maximum absolute atomic E-state index is 12.7. The molecule has 110 valence electrons. The number of ether oxygens (including phenoxy) is 1. The predicted molar refractivity (Wildman–Crippen MR) is 76.5 cm³/mol. The fourth-order valence-electron chi connectivity index (χ4n) is 3.66. The quantitative estimate of drug-likeness (QED) is 0.836. The smallest absolute Gasteiger partial charge is 0.226 e. The molecule has 5 heteroatoms. The number of carbonyl (C=O) groups excluding carboxylic acids is 1. The van der Waals surface area contributed by atoms with Gasteiger partial charge in [0.15, 0.2) is 0 Å². The molecule has 0 bridgehead atoms. The van der Waals surface area contributed by atoms with Gasteiger partial charge < -0.3 is 15.0 Å². The van der Waals surface area contributed by atoms with Gasteiger partial charge in [0.25, 0.3) is 0 Å². The minimum Gasteiger partial charge on any atom is -0.377 e. The first-order valence-electron chi connectivity index (χ1n) is 7.36. The number of morpholine rings is 1. The van der Waals surface area contributed by atoms with Gasteiger partial charge in [0, 0.05) is 12.5 Å². The van der Waals surface area contributed by atoms with Crippen molar-refractivity contribution >= 4 is 18.3 Å². The molecule has 4 nitrogen and oxygen atoms in total. The Morgan fingerprint density at radius 1 is 1.42 bits per heavy atom. The summed E-state index contributed by atoms with van der Waals surface area (Å²) in [5.74, 6) is 0.721. The van der Waals surface area contributed by atoms with E-state index in [9.17, 15) is 4.79 Å². The van der Waals surface area contributed by atoms with E-state index in [1.165, 1.54) is 12.8 Å². The molecule has 3 aliphatic rings. The van der Waals surface area contributed by atoms with E-state index in [2.05, 4.69) is 17.1 Å². The zero-order valence-electron chi connectivity index (χ0n) is 11.7. The molecule has 0 aromatic carbocycles. The van der Waals surface area contributed by atoms with Crippen LogP contribution in [0.2, 0.25) is 0 Å². The van der Waals surface area contributed by atoms with E-state index >= 15 is 0 Å². The first kappa shape index (κ1) is 15.1. The van der Waals surface area contributed by atoms with E-state index in [1.807, 2.05) is 0 Å². The highest BCUT2D eigenvalue weighted by atomic mass is 35.5. The molecule has 1 spiro atoms. The van der Waals surface area contributed by atoms with Crippen molar-refractivity contribution in [2.75, 3.05) is 32.8 Å². The first-order chi connectivity index (χ1) is 8.77. The van der Waals surface area contributed by atoms with Crippen molar-refractivity contribution in [1.29, 1.82) is 0 Å². The van der Waals surface area contributed by atoms with E-state index in [-0.39, 0.29) is 12.4 Å². The lowest BCUT2D eigenvalue weighted by Gasteiger charge is -2.36. The fraction of sp³-hybridized carbons (Fsp3) is 0.929. The molecule has 1 saturated carbocycles. The Kier molecular flexibility index (Phi) is 4.75. The van der Waals surface area contributed by atoms with Gasteiger partial charge in [-0.25, -0.2) is 0 Å². The summed E-state index contributed by atoms with van der Waals surface area (Å²) < 4.78 is 5.49. The van der Waals surface area contributed by atoms with Gasteiger partial charge in [0.1, 0.15) is 0 Å². The van der Waals surface area contributed by atoms with Crippen LogP contribution in [0.1, 0.15) is 32.6 Å². The van der Waals surface area contributed by atoms with Crippen LogP contribution in [0.4, 0.5) is 0 Å². The third kappa shape index (κ3) is 2.76. The Bertz CT molecular complexity index is 331.